The van der Waals surface area contributed by atoms with E-state index in [9.17, 15) is 17.6 Å². The number of aryl methyl sites for hydroxylation is 1. The van der Waals surface area contributed by atoms with Crippen molar-refractivity contribution < 1.29 is 17.6 Å². The number of amides is 1. The summed E-state index contributed by atoms with van der Waals surface area (Å²) in [6, 6.07) is 13.1. The molecule has 0 fully saturated rings. The van der Waals surface area contributed by atoms with Gasteiger partial charge in [-0.3, -0.25) is 4.79 Å². The fraction of sp³-hybridized carbons (Fsp3) is 0.235. The summed E-state index contributed by atoms with van der Waals surface area (Å²) in [6.07, 6.45) is 1.04. The van der Waals surface area contributed by atoms with E-state index in [1.807, 2.05) is 31.2 Å². The summed E-state index contributed by atoms with van der Waals surface area (Å²) in [6.45, 7) is 1.62. The Balaban J connectivity index is 2.10. The van der Waals surface area contributed by atoms with Crippen LogP contribution in [0, 0.1) is 12.7 Å². The molecule has 2 aromatic rings. The highest BCUT2D eigenvalue weighted by Crippen LogP contribution is 2.14. The van der Waals surface area contributed by atoms with E-state index < -0.39 is 21.7 Å². The third-order valence-corrected chi connectivity index (χ3v) is 4.61. The van der Waals surface area contributed by atoms with Crippen molar-refractivity contribution in [2.45, 2.75) is 13.5 Å². The number of nitrogens with one attached hydrogen (secondary N) is 1. The lowest BCUT2D eigenvalue weighted by atomic mass is 10.1. The number of halogens is 1. The van der Waals surface area contributed by atoms with Crippen molar-refractivity contribution >= 4 is 21.6 Å². The first-order chi connectivity index (χ1) is 11.3. The highest BCUT2D eigenvalue weighted by atomic mass is 32.2. The van der Waals surface area contributed by atoms with Crippen LogP contribution in [0.5, 0.6) is 0 Å². The molecule has 0 aliphatic heterocycles. The first kappa shape index (κ1) is 18.1. The van der Waals surface area contributed by atoms with Crippen molar-refractivity contribution in [3.8, 4) is 0 Å². The van der Waals surface area contributed by atoms with Crippen LogP contribution in [0.1, 0.15) is 11.1 Å². The quantitative estimate of drug-likeness (QED) is 0.871. The fourth-order valence-corrected chi connectivity index (χ4v) is 2.84. The van der Waals surface area contributed by atoms with Crippen LogP contribution >= 0.6 is 0 Å². The second-order valence-corrected chi connectivity index (χ2v) is 7.53. The number of hydrogen-bond donors (Lipinski definition) is 1. The third-order valence-electron chi connectivity index (χ3n) is 3.42. The van der Waals surface area contributed by atoms with Gasteiger partial charge in [0.1, 0.15) is 5.82 Å². The molecular formula is C17H19FN2O3S. The molecule has 1 amide bonds. The van der Waals surface area contributed by atoms with Gasteiger partial charge in [-0.2, -0.15) is 4.31 Å². The van der Waals surface area contributed by atoms with Crippen LogP contribution < -0.4 is 5.32 Å². The summed E-state index contributed by atoms with van der Waals surface area (Å²) in [5.41, 5.74) is 1.85. The maximum absolute atomic E-state index is 13.6. The van der Waals surface area contributed by atoms with Crippen LogP contribution in [0.15, 0.2) is 48.5 Å². The van der Waals surface area contributed by atoms with Gasteiger partial charge >= 0.3 is 0 Å². The zero-order valence-electron chi connectivity index (χ0n) is 13.5. The summed E-state index contributed by atoms with van der Waals surface area (Å²) < 4.78 is 38.5. The van der Waals surface area contributed by atoms with E-state index in [1.54, 1.807) is 6.07 Å². The SMILES string of the molecule is Cc1ccc(CN(CC(=O)Nc2ccccc2F)S(C)(=O)=O)cc1. The molecule has 0 bridgehead atoms. The molecule has 7 heteroatoms. The number of para-hydroxylation sites is 1. The molecule has 0 radical (unpaired) electrons. The number of nitrogens with zero attached hydrogens (tertiary/aromatic N) is 1. The Hall–Kier alpha value is -2.25. The molecule has 5 nitrogen and oxygen atoms in total. The lowest BCUT2D eigenvalue weighted by Crippen LogP contribution is -2.37. The Bertz CT molecular complexity index is 820. The first-order valence-corrected chi connectivity index (χ1v) is 9.15. The number of hydrogen-bond acceptors (Lipinski definition) is 3. The third kappa shape index (κ3) is 5.14. The lowest BCUT2D eigenvalue weighted by Gasteiger charge is -2.19. The Morgan fingerprint density at radius 2 is 1.75 bits per heavy atom. The monoisotopic (exact) mass is 350 g/mol. The smallest absolute Gasteiger partial charge is 0.239 e. The van der Waals surface area contributed by atoms with E-state index in [0.717, 1.165) is 21.7 Å². The van der Waals surface area contributed by atoms with Crippen LogP contribution in [-0.4, -0.2) is 31.4 Å². The second kappa shape index (κ2) is 7.55. The van der Waals surface area contributed by atoms with E-state index in [4.69, 9.17) is 0 Å². The summed E-state index contributed by atoms with van der Waals surface area (Å²) >= 11 is 0. The maximum atomic E-state index is 13.6. The van der Waals surface area contributed by atoms with Gasteiger partial charge < -0.3 is 5.32 Å². The standard InChI is InChI=1S/C17H19FN2O3S/c1-13-7-9-14(10-8-13)11-20(24(2,22)23)12-17(21)19-16-6-4-3-5-15(16)18/h3-10H,11-12H2,1-2H3,(H,19,21). The molecule has 0 aromatic heterocycles. The molecule has 0 atom stereocenters. The summed E-state index contributed by atoms with van der Waals surface area (Å²) in [4.78, 5) is 12.1. The molecular weight excluding hydrogens is 331 g/mol. The van der Waals surface area contributed by atoms with Crippen molar-refractivity contribution in [2.75, 3.05) is 18.1 Å². The Morgan fingerprint density at radius 3 is 2.33 bits per heavy atom. The molecule has 0 saturated heterocycles. The zero-order chi connectivity index (χ0) is 17.7. The van der Waals surface area contributed by atoms with Gasteiger partial charge in [0.05, 0.1) is 18.5 Å². The predicted octanol–water partition coefficient (Wildman–Crippen LogP) is 2.53. The number of sulfonamides is 1. The fourth-order valence-electron chi connectivity index (χ4n) is 2.10. The van der Waals surface area contributed by atoms with E-state index in [0.29, 0.717) is 0 Å². The Labute approximate surface area is 141 Å². The van der Waals surface area contributed by atoms with Gasteiger partial charge in [0, 0.05) is 6.54 Å². The largest absolute Gasteiger partial charge is 0.322 e. The molecule has 0 heterocycles. The number of benzene rings is 2. The van der Waals surface area contributed by atoms with Crippen LogP contribution in [-0.2, 0) is 21.4 Å². The summed E-state index contributed by atoms with van der Waals surface area (Å²) in [5, 5.41) is 2.39. The van der Waals surface area contributed by atoms with Gasteiger partial charge in [0.25, 0.3) is 0 Å². The Morgan fingerprint density at radius 1 is 1.12 bits per heavy atom. The van der Waals surface area contributed by atoms with Gasteiger partial charge in [-0.1, -0.05) is 42.0 Å². The van der Waals surface area contributed by atoms with Gasteiger partial charge in [-0.05, 0) is 24.6 Å². The highest BCUT2D eigenvalue weighted by molar-refractivity contribution is 7.88. The topological polar surface area (TPSA) is 66.5 Å². The highest BCUT2D eigenvalue weighted by Gasteiger charge is 2.21. The molecule has 0 aliphatic rings. The lowest BCUT2D eigenvalue weighted by molar-refractivity contribution is -0.116. The van der Waals surface area contributed by atoms with Gasteiger partial charge in [0.15, 0.2) is 0 Å². The number of carbonyl (C=O) groups is 1. The maximum Gasteiger partial charge on any atom is 0.239 e. The minimum Gasteiger partial charge on any atom is -0.322 e. The molecule has 24 heavy (non-hydrogen) atoms. The summed E-state index contributed by atoms with van der Waals surface area (Å²) in [5.74, 6) is -1.17. The Kier molecular flexibility index (Phi) is 5.69. The van der Waals surface area contributed by atoms with Crippen LogP contribution in [0.25, 0.3) is 0 Å². The first-order valence-electron chi connectivity index (χ1n) is 7.31. The van der Waals surface area contributed by atoms with E-state index in [2.05, 4.69) is 5.32 Å². The molecule has 0 saturated carbocycles. The van der Waals surface area contributed by atoms with Crippen molar-refractivity contribution in [3.63, 3.8) is 0 Å². The normalized spacial score (nSPS) is 11.5. The average Bonchev–Trinajstić information content (AvgIpc) is 2.50. The molecule has 0 spiro atoms. The second-order valence-electron chi connectivity index (χ2n) is 5.54. The number of carbonyl (C=O) groups excluding carboxylic acids is 1. The van der Waals surface area contributed by atoms with Gasteiger partial charge in [-0.15, -0.1) is 0 Å². The van der Waals surface area contributed by atoms with Crippen LogP contribution in [0.2, 0.25) is 0 Å². The van der Waals surface area contributed by atoms with Gasteiger partial charge in [-0.25, -0.2) is 12.8 Å². The van der Waals surface area contributed by atoms with Crippen LogP contribution in [0.3, 0.4) is 0 Å². The molecule has 2 aromatic carbocycles. The van der Waals surface area contributed by atoms with Crippen molar-refractivity contribution in [1.29, 1.82) is 0 Å². The molecule has 0 aliphatic carbocycles. The minimum atomic E-state index is -3.59. The molecule has 1 N–H and O–H groups in total. The van der Waals surface area contributed by atoms with Crippen molar-refractivity contribution in [3.05, 3.63) is 65.5 Å². The minimum absolute atomic E-state index is 0.0197. The van der Waals surface area contributed by atoms with E-state index >= 15 is 0 Å². The van der Waals surface area contributed by atoms with Gasteiger partial charge in [0.2, 0.25) is 15.9 Å². The van der Waals surface area contributed by atoms with Crippen molar-refractivity contribution in [2.24, 2.45) is 0 Å². The molecule has 2 rings (SSSR count). The average molecular weight is 350 g/mol. The van der Waals surface area contributed by atoms with E-state index in [-0.39, 0.29) is 18.8 Å². The predicted molar refractivity (Wildman–Crippen MR) is 91.5 cm³/mol. The zero-order valence-corrected chi connectivity index (χ0v) is 14.3. The summed E-state index contributed by atoms with van der Waals surface area (Å²) in [7, 11) is -3.59. The number of anilines is 1. The van der Waals surface area contributed by atoms with Crippen molar-refractivity contribution in [1.82, 2.24) is 4.31 Å². The van der Waals surface area contributed by atoms with E-state index in [1.165, 1.54) is 18.2 Å². The molecule has 128 valence electrons. The molecule has 0 unspecified atom stereocenters. The van der Waals surface area contributed by atoms with Crippen LogP contribution in [0.4, 0.5) is 10.1 Å². The number of rotatable bonds is 6.